The summed E-state index contributed by atoms with van der Waals surface area (Å²) >= 11 is 0. The Balaban J connectivity index is 2.89. The first-order chi connectivity index (χ1) is 14.6. The zero-order chi connectivity index (χ0) is 23.3. The number of rotatable bonds is 10. The molecule has 0 saturated carbocycles. The molecule has 5 heteroatoms. The summed E-state index contributed by atoms with van der Waals surface area (Å²) in [6.45, 7) is 13.1. The number of esters is 1. The van der Waals surface area contributed by atoms with Crippen molar-refractivity contribution < 1.29 is 19.1 Å². The van der Waals surface area contributed by atoms with Gasteiger partial charge in [-0.1, -0.05) is 70.2 Å². The summed E-state index contributed by atoms with van der Waals surface area (Å²) in [7, 11) is -2.05. The standard InChI is InChI=1S/C26H44O4Si/c1-7-8-9-10-11-15-18-24(30-31(5,6)26(2,3)4)23(27)21-20-22-17-14-12-13-16-19-25(28)29-22/h8-9,11-12,14-15,20-24,27H,7,10,13,16-19H2,1-6H3/b9-8-,14-12-,15-11-,21-20+/t22-,23-,24-/m0/s1. The third-order valence-electron chi connectivity index (χ3n) is 5.94. The number of carbonyl (C=O) groups is 1. The molecule has 31 heavy (non-hydrogen) atoms. The highest BCUT2D eigenvalue weighted by Crippen LogP contribution is 2.38. The van der Waals surface area contributed by atoms with Crippen molar-refractivity contribution in [3.63, 3.8) is 0 Å². The molecule has 1 aliphatic rings. The van der Waals surface area contributed by atoms with Crippen LogP contribution in [0.2, 0.25) is 18.1 Å². The number of aliphatic hydroxyl groups is 1. The van der Waals surface area contributed by atoms with Gasteiger partial charge in [-0.3, -0.25) is 4.79 Å². The second-order valence-corrected chi connectivity index (χ2v) is 14.5. The van der Waals surface area contributed by atoms with Crippen molar-refractivity contribution in [1.29, 1.82) is 0 Å². The molecule has 1 N–H and O–H groups in total. The second kappa shape index (κ2) is 13.9. The van der Waals surface area contributed by atoms with Crippen molar-refractivity contribution in [3.05, 3.63) is 48.6 Å². The van der Waals surface area contributed by atoms with Crippen LogP contribution in [0.15, 0.2) is 48.6 Å². The maximum absolute atomic E-state index is 11.9. The largest absolute Gasteiger partial charge is 0.458 e. The average molecular weight is 449 g/mol. The molecule has 0 bridgehead atoms. The number of hydrogen-bond donors (Lipinski definition) is 1. The molecule has 3 atom stereocenters. The SMILES string of the molecule is CC/C=C\C/C=C\C[C@H](O[Si](C)(C)C(C)(C)C)[C@@H](O)/C=C/[C@@H]1C/C=C\CCCC(=O)O1. The van der Waals surface area contributed by atoms with Crippen LogP contribution in [0.1, 0.15) is 72.6 Å². The van der Waals surface area contributed by atoms with Crippen LogP contribution in [0.3, 0.4) is 0 Å². The molecule has 0 unspecified atom stereocenters. The molecule has 176 valence electrons. The second-order valence-electron chi connectivity index (χ2n) is 9.74. The van der Waals surface area contributed by atoms with E-state index in [0.29, 0.717) is 19.3 Å². The highest BCUT2D eigenvalue weighted by atomic mass is 28.4. The van der Waals surface area contributed by atoms with Crippen molar-refractivity contribution in [2.75, 3.05) is 0 Å². The lowest BCUT2D eigenvalue weighted by atomic mass is 10.1. The van der Waals surface area contributed by atoms with Crippen molar-refractivity contribution in [2.24, 2.45) is 0 Å². The van der Waals surface area contributed by atoms with Crippen molar-refractivity contribution in [3.8, 4) is 0 Å². The molecule has 1 rings (SSSR count). The van der Waals surface area contributed by atoms with Gasteiger partial charge in [0.25, 0.3) is 0 Å². The summed E-state index contributed by atoms with van der Waals surface area (Å²) < 4.78 is 12.1. The summed E-state index contributed by atoms with van der Waals surface area (Å²) in [4.78, 5) is 11.9. The number of carbonyl (C=O) groups excluding carboxylic acids is 1. The highest BCUT2D eigenvalue weighted by molar-refractivity contribution is 6.74. The fraction of sp³-hybridized carbons (Fsp3) is 0.654. The Morgan fingerprint density at radius 1 is 1.23 bits per heavy atom. The molecule has 0 radical (unpaired) electrons. The number of cyclic esters (lactones) is 1. The van der Waals surface area contributed by atoms with Gasteiger partial charge in [-0.15, -0.1) is 0 Å². The normalized spacial score (nSPS) is 22.3. The first kappa shape index (κ1) is 27.6. The van der Waals surface area contributed by atoms with Crippen molar-refractivity contribution in [1.82, 2.24) is 0 Å². The lowest BCUT2D eigenvalue weighted by molar-refractivity contribution is -0.146. The summed E-state index contributed by atoms with van der Waals surface area (Å²) in [5, 5.41) is 11.0. The average Bonchev–Trinajstić information content (AvgIpc) is 2.78. The van der Waals surface area contributed by atoms with Crippen LogP contribution >= 0.6 is 0 Å². The predicted octanol–water partition coefficient (Wildman–Crippen LogP) is 6.64. The minimum atomic E-state index is -2.05. The van der Waals surface area contributed by atoms with Crippen molar-refractivity contribution in [2.45, 2.75) is 109 Å². The van der Waals surface area contributed by atoms with E-state index in [2.05, 4.69) is 77.2 Å². The van der Waals surface area contributed by atoms with E-state index in [1.54, 1.807) is 6.08 Å². The maximum atomic E-state index is 11.9. The quantitative estimate of drug-likeness (QED) is 0.231. The van der Waals surface area contributed by atoms with E-state index in [0.717, 1.165) is 25.7 Å². The molecule has 4 nitrogen and oxygen atoms in total. The zero-order valence-corrected chi connectivity index (χ0v) is 21.5. The van der Waals surface area contributed by atoms with Gasteiger partial charge in [0.15, 0.2) is 8.32 Å². The molecule has 0 amide bonds. The molecule has 0 aromatic rings. The van der Waals surface area contributed by atoms with Gasteiger partial charge >= 0.3 is 5.97 Å². The zero-order valence-electron chi connectivity index (χ0n) is 20.5. The van der Waals surface area contributed by atoms with E-state index >= 15 is 0 Å². The molecular formula is C26H44O4Si. The Kier molecular flexibility index (Phi) is 12.3. The van der Waals surface area contributed by atoms with E-state index in [1.807, 2.05) is 6.08 Å². The van der Waals surface area contributed by atoms with Gasteiger partial charge in [0.1, 0.15) is 6.10 Å². The van der Waals surface area contributed by atoms with Crippen molar-refractivity contribution >= 4 is 14.3 Å². The summed E-state index contributed by atoms with van der Waals surface area (Å²) in [5.41, 5.74) is 0. The number of hydrogen-bond acceptors (Lipinski definition) is 4. The van der Waals surface area contributed by atoms with E-state index in [4.69, 9.17) is 9.16 Å². The van der Waals surface area contributed by atoms with Gasteiger partial charge in [0, 0.05) is 12.8 Å². The molecule has 1 aliphatic heterocycles. The van der Waals surface area contributed by atoms with E-state index in [9.17, 15) is 9.90 Å². The van der Waals surface area contributed by atoms with Gasteiger partial charge in [-0.2, -0.15) is 0 Å². The predicted molar refractivity (Wildman–Crippen MR) is 133 cm³/mol. The molecule has 0 aromatic heterocycles. The van der Waals surface area contributed by atoms with E-state index in [1.165, 1.54) is 0 Å². The Bertz CT molecular complexity index is 640. The Hall–Kier alpha value is -1.43. The Morgan fingerprint density at radius 3 is 2.61 bits per heavy atom. The Morgan fingerprint density at radius 2 is 1.94 bits per heavy atom. The maximum Gasteiger partial charge on any atom is 0.306 e. The number of allylic oxidation sites excluding steroid dienone is 4. The Labute approximate surface area is 191 Å². The van der Waals surface area contributed by atoms with E-state index in [-0.39, 0.29) is 23.2 Å². The van der Waals surface area contributed by atoms with Crippen LogP contribution in [-0.2, 0) is 14.0 Å². The van der Waals surface area contributed by atoms with Crippen LogP contribution in [0.25, 0.3) is 0 Å². The lowest BCUT2D eigenvalue weighted by Crippen LogP contribution is -2.46. The topological polar surface area (TPSA) is 55.8 Å². The fourth-order valence-corrected chi connectivity index (χ4v) is 4.29. The summed E-state index contributed by atoms with van der Waals surface area (Å²) in [5.74, 6) is -0.176. The van der Waals surface area contributed by atoms with Gasteiger partial charge in [0.05, 0.1) is 12.2 Å². The molecule has 0 aromatic carbocycles. The molecule has 0 fully saturated rings. The van der Waals surface area contributed by atoms with E-state index < -0.39 is 14.4 Å². The first-order valence-electron chi connectivity index (χ1n) is 11.8. The molecular weight excluding hydrogens is 404 g/mol. The van der Waals surface area contributed by atoms with Crippen LogP contribution in [0.5, 0.6) is 0 Å². The van der Waals surface area contributed by atoms with Crippen LogP contribution in [-0.4, -0.2) is 37.7 Å². The summed E-state index contributed by atoms with van der Waals surface area (Å²) in [6.07, 6.45) is 20.1. The molecule has 1 heterocycles. The van der Waals surface area contributed by atoms with Crippen LogP contribution < -0.4 is 0 Å². The van der Waals surface area contributed by atoms with Gasteiger partial charge < -0.3 is 14.3 Å². The van der Waals surface area contributed by atoms with Gasteiger partial charge in [-0.25, -0.2) is 0 Å². The van der Waals surface area contributed by atoms with Crippen LogP contribution in [0, 0.1) is 0 Å². The monoisotopic (exact) mass is 448 g/mol. The molecule has 0 aliphatic carbocycles. The lowest BCUT2D eigenvalue weighted by Gasteiger charge is -2.40. The van der Waals surface area contributed by atoms with Gasteiger partial charge in [-0.05, 0) is 56.3 Å². The molecule has 0 saturated heterocycles. The smallest absolute Gasteiger partial charge is 0.306 e. The number of ether oxygens (including phenoxy) is 1. The third-order valence-corrected chi connectivity index (χ3v) is 10.4. The first-order valence-corrected chi connectivity index (χ1v) is 14.7. The third kappa shape index (κ3) is 11.1. The minimum Gasteiger partial charge on any atom is -0.458 e. The number of aliphatic hydroxyl groups excluding tert-OH is 1. The van der Waals surface area contributed by atoms with Gasteiger partial charge in [0.2, 0.25) is 0 Å². The summed E-state index contributed by atoms with van der Waals surface area (Å²) in [6, 6.07) is 0. The van der Waals surface area contributed by atoms with Crippen LogP contribution in [0.4, 0.5) is 0 Å². The minimum absolute atomic E-state index is 0.0559. The molecule has 0 spiro atoms. The fourth-order valence-electron chi connectivity index (χ4n) is 2.95. The highest BCUT2D eigenvalue weighted by Gasteiger charge is 2.40.